The molecule has 3 heterocycles. The summed E-state index contributed by atoms with van der Waals surface area (Å²) < 4.78 is 34.6. The number of nitrogens with one attached hydrogen (secondary N) is 2. The number of thioether (sulfide) groups is 1. The smallest absolute Gasteiger partial charge is 0.263 e. The minimum Gasteiger partial charge on any atom is -0.497 e. The number of anilines is 2. The normalized spacial score (nSPS) is 11.2. The van der Waals surface area contributed by atoms with E-state index in [0.29, 0.717) is 22.4 Å². The van der Waals surface area contributed by atoms with E-state index in [9.17, 15) is 13.2 Å². The van der Waals surface area contributed by atoms with E-state index >= 15 is 0 Å². The Bertz CT molecular complexity index is 1660. The van der Waals surface area contributed by atoms with Gasteiger partial charge in [-0.25, -0.2) is 13.4 Å². The molecule has 3 aromatic heterocycles. The first kappa shape index (κ1) is 26.3. The van der Waals surface area contributed by atoms with Gasteiger partial charge in [0.2, 0.25) is 5.91 Å². The Morgan fingerprint density at radius 3 is 2.51 bits per heavy atom. The second-order valence-corrected chi connectivity index (χ2v) is 11.4. The van der Waals surface area contributed by atoms with E-state index in [4.69, 9.17) is 4.74 Å². The SMILES string of the molecule is COc1ccc(-n2c(SCC(=O)Nc3ccc(S(=O)(=O)Nc4nccs4)cc3)nnc2-c2cccnc2)cc1. The van der Waals surface area contributed by atoms with Crippen molar-refractivity contribution in [1.82, 2.24) is 24.7 Å². The molecule has 14 heteroatoms. The Kier molecular flexibility index (Phi) is 7.86. The van der Waals surface area contributed by atoms with Crippen LogP contribution < -0.4 is 14.8 Å². The molecule has 0 saturated heterocycles. The van der Waals surface area contributed by atoms with Crippen molar-refractivity contribution in [2.24, 2.45) is 0 Å². The maximum absolute atomic E-state index is 12.7. The largest absolute Gasteiger partial charge is 0.497 e. The lowest BCUT2D eigenvalue weighted by atomic mass is 10.2. The Morgan fingerprint density at radius 1 is 1.05 bits per heavy atom. The van der Waals surface area contributed by atoms with Crippen molar-refractivity contribution >= 4 is 49.8 Å². The van der Waals surface area contributed by atoms with Crippen molar-refractivity contribution in [3.05, 3.63) is 84.6 Å². The van der Waals surface area contributed by atoms with Crippen LogP contribution in [-0.4, -0.2) is 51.9 Å². The van der Waals surface area contributed by atoms with Crippen molar-refractivity contribution in [3.8, 4) is 22.8 Å². The fourth-order valence-corrected chi connectivity index (χ4v) is 6.04. The van der Waals surface area contributed by atoms with Gasteiger partial charge in [-0.05, 0) is 60.7 Å². The predicted octanol–water partition coefficient (Wildman–Crippen LogP) is 4.33. The molecule has 2 N–H and O–H groups in total. The van der Waals surface area contributed by atoms with E-state index < -0.39 is 10.0 Å². The van der Waals surface area contributed by atoms with Crippen molar-refractivity contribution in [3.63, 3.8) is 0 Å². The Hall–Kier alpha value is -4.27. The minimum atomic E-state index is -3.78. The van der Waals surface area contributed by atoms with E-state index in [-0.39, 0.29) is 21.7 Å². The number of sulfonamides is 1. The molecule has 0 aliphatic carbocycles. The summed E-state index contributed by atoms with van der Waals surface area (Å²) in [7, 11) is -2.18. The number of methoxy groups -OCH3 is 1. The average molecular weight is 580 g/mol. The fraction of sp³-hybridized carbons (Fsp3) is 0.0800. The zero-order valence-corrected chi connectivity index (χ0v) is 22.8. The van der Waals surface area contributed by atoms with E-state index in [1.54, 1.807) is 24.9 Å². The second-order valence-electron chi connectivity index (χ2n) is 7.89. The van der Waals surface area contributed by atoms with Gasteiger partial charge in [0, 0.05) is 40.9 Å². The van der Waals surface area contributed by atoms with Gasteiger partial charge in [-0.1, -0.05) is 11.8 Å². The molecule has 0 bridgehead atoms. The highest BCUT2D eigenvalue weighted by Crippen LogP contribution is 2.29. The van der Waals surface area contributed by atoms with Crippen LogP contribution in [-0.2, 0) is 14.8 Å². The Labute approximate surface area is 232 Å². The van der Waals surface area contributed by atoms with Gasteiger partial charge in [0.05, 0.1) is 17.8 Å². The molecule has 198 valence electrons. The quantitative estimate of drug-likeness (QED) is 0.231. The number of aromatic nitrogens is 5. The number of nitrogens with zero attached hydrogens (tertiary/aromatic N) is 5. The number of carbonyl (C=O) groups is 1. The van der Waals surface area contributed by atoms with Crippen LogP contribution in [0.5, 0.6) is 5.75 Å². The zero-order valence-electron chi connectivity index (χ0n) is 20.4. The molecular formula is C25H21N7O4S3. The van der Waals surface area contributed by atoms with Crippen LogP contribution in [0.25, 0.3) is 17.1 Å². The van der Waals surface area contributed by atoms with Crippen LogP contribution in [0.4, 0.5) is 10.8 Å². The number of benzene rings is 2. The van der Waals surface area contributed by atoms with Crippen LogP contribution in [0.15, 0.2) is 94.7 Å². The maximum Gasteiger partial charge on any atom is 0.263 e. The van der Waals surface area contributed by atoms with Crippen molar-refractivity contribution < 1.29 is 17.9 Å². The summed E-state index contributed by atoms with van der Waals surface area (Å²) in [6.07, 6.45) is 4.89. The van der Waals surface area contributed by atoms with Gasteiger partial charge in [0.25, 0.3) is 10.0 Å². The lowest BCUT2D eigenvalue weighted by Gasteiger charge is -2.11. The predicted molar refractivity (Wildman–Crippen MR) is 150 cm³/mol. The molecule has 5 rings (SSSR count). The van der Waals surface area contributed by atoms with Crippen LogP contribution in [0.2, 0.25) is 0 Å². The minimum absolute atomic E-state index is 0.0486. The van der Waals surface area contributed by atoms with E-state index in [1.165, 1.54) is 53.6 Å². The number of amides is 1. The molecule has 0 fully saturated rings. The Morgan fingerprint density at radius 2 is 1.85 bits per heavy atom. The van der Waals surface area contributed by atoms with Crippen LogP contribution >= 0.6 is 23.1 Å². The molecule has 0 saturated carbocycles. The lowest BCUT2D eigenvalue weighted by Crippen LogP contribution is -2.15. The Balaban J connectivity index is 1.29. The average Bonchev–Trinajstić information content (AvgIpc) is 3.62. The van der Waals surface area contributed by atoms with Gasteiger partial charge in [-0.2, -0.15) is 0 Å². The topological polar surface area (TPSA) is 141 Å². The molecule has 0 radical (unpaired) electrons. The molecule has 0 unspecified atom stereocenters. The molecule has 2 aromatic carbocycles. The number of carbonyl (C=O) groups excluding carboxylic acids is 1. The highest BCUT2D eigenvalue weighted by Gasteiger charge is 2.19. The standard InChI is InChI=1S/C25H21N7O4S3/c1-36-20-8-6-19(7-9-20)32-23(17-3-2-12-26-15-17)29-30-25(32)38-16-22(33)28-18-4-10-21(11-5-18)39(34,35)31-24-27-13-14-37-24/h2-15H,16H2,1H3,(H,27,31)(H,28,33). The van der Waals surface area contributed by atoms with Gasteiger partial charge in [-0.3, -0.25) is 19.1 Å². The number of thiazole rings is 1. The first-order valence-corrected chi connectivity index (χ1v) is 14.7. The molecule has 11 nitrogen and oxygen atoms in total. The molecule has 0 atom stereocenters. The second kappa shape index (κ2) is 11.6. The molecule has 0 aliphatic rings. The number of ether oxygens (including phenoxy) is 1. The van der Waals surface area contributed by atoms with Gasteiger partial charge in [0.15, 0.2) is 16.1 Å². The number of hydrogen-bond donors (Lipinski definition) is 2. The third kappa shape index (κ3) is 6.25. The molecular weight excluding hydrogens is 559 g/mol. The lowest BCUT2D eigenvalue weighted by molar-refractivity contribution is -0.113. The first-order chi connectivity index (χ1) is 18.9. The van der Waals surface area contributed by atoms with Gasteiger partial charge in [-0.15, -0.1) is 21.5 Å². The van der Waals surface area contributed by atoms with Crippen LogP contribution in [0.1, 0.15) is 0 Å². The molecule has 39 heavy (non-hydrogen) atoms. The molecule has 5 aromatic rings. The van der Waals surface area contributed by atoms with Crippen LogP contribution in [0, 0.1) is 0 Å². The monoisotopic (exact) mass is 579 g/mol. The third-order valence-electron chi connectivity index (χ3n) is 5.32. The number of rotatable bonds is 10. The van der Waals surface area contributed by atoms with Crippen molar-refractivity contribution in [2.45, 2.75) is 10.1 Å². The number of hydrogen-bond acceptors (Lipinski definition) is 10. The molecule has 0 aliphatic heterocycles. The van der Waals surface area contributed by atoms with E-state index in [0.717, 1.165) is 11.3 Å². The van der Waals surface area contributed by atoms with Crippen molar-refractivity contribution in [2.75, 3.05) is 22.9 Å². The summed E-state index contributed by atoms with van der Waals surface area (Å²) in [5, 5.41) is 13.9. The fourth-order valence-electron chi connectivity index (χ4n) is 3.50. The van der Waals surface area contributed by atoms with E-state index in [2.05, 4.69) is 30.2 Å². The van der Waals surface area contributed by atoms with Gasteiger partial charge in [0.1, 0.15) is 5.75 Å². The number of pyridine rings is 1. The summed E-state index contributed by atoms with van der Waals surface area (Å²) in [5.74, 6) is 1.05. The van der Waals surface area contributed by atoms with Crippen molar-refractivity contribution in [1.29, 1.82) is 0 Å². The van der Waals surface area contributed by atoms with Gasteiger partial charge < -0.3 is 10.1 Å². The summed E-state index contributed by atoms with van der Waals surface area (Å²) in [4.78, 5) is 20.9. The molecule has 0 spiro atoms. The summed E-state index contributed by atoms with van der Waals surface area (Å²) in [6.45, 7) is 0. The van der Waals surface area contributed by atoms with Crippen LogP contribution in [0.3, 0.4) is 0 Å². The zero-order chi connectivity index (χ0) is 27.2. The van der Waals surface area contributed by atoms with Gasteiger partial charge >= 0.3 is 0 Å². The highest BCUT2D eigenvalue weighted by molar-refractivity contribution is 7.99. The first-order valence-electron chi connectivity index (χ1n) is 11.4. The summed E-state index contributed by atoms with van der Waals surface area (Å²) in [5.41, 5.74) is 2.03. The third-order valence-corrected chi connectivity index (χ3v) is 8.42. The summed E-state index contributed by atoms with van der Waals surface area (Å²) >= 11 is 2.40. The molecule has 1 amide bonds. The summed E-state index contributed by atoms with van der Waals surface area (Å²) in [6, 6.07) is 17.0. The van der Waals surface area contributed by atoms with E-state index in [1.807, 2.05) is 41.0 Å². The maximum atomic E-state index is 12.7. The highest BCUT2D eigenvalue weighted by atomic mass is 32.2.